The normalized spacial score (nSPS) is 13.1. The Balaban J connectivity index is 2.57. The van der Waals surface area contributed by atoms with E-state index in [-0.39, 0.29) is 0 Å². The van der Waals surface area contributed by atoms with Crippen molar-refractivity contribution in [3.05, 3.63) is 16.1 Å². The molecule has 0 fully saturated rings. The van der Waals surface area contributed by atoms with Gasteiger partial charge in [0.25, 0.3) is 0 Å². The van der Waals surface area contributed by atoms with E-state index < -0.39 is 12.0 Å². The van der Waals surface area contributed by atoms with E-state index >= 15 is 0 Å². The topological polar surface area (TPSA) is 53.4 Å². The predicted molar refractivity (Wildman–Crippen MR) is 60.1 cm³/mol. The number of carboxylic acids is 1. The lowest BCUT2D eigenvalue weighted by molar-refractivity contribution is -0.142. The largest absolute Gasteiger partial charge is 0.480 e. The first-order valence-electron chi connectivity index (χ1n) is 4.91. The summed E-state index contributed by atoms with van der Waals surface area (Å²) in [4.78, 5) is 18.0. The number of aryl methyl sites for hydroxylation is 1. The zero-order chi connectivity index (χ0) is 11.4. The molecular formula is C10H16N2O2S. The summed E-state index contributed by atoms with van der Waals surface area (Å²) < 4.78 is 0. The molecular weight excluding hydrogens is 212 g/mol. The monoisotopic (exact) mass is 228 g/mol. The number of aromatic nitrogens is 1. The molecule has 1 atom stereocenters. The fraction of sp³-hybridized carbons (Fsp3) is 0.600. The molecule has 0 bridgehead atoms. The fourth-order valence-electron chi connectivity index (χ4n) is 1.12. The Morgan fingerprint density at radius 3 is 2.87 bits per heavy atom. The highest BCUT2D eigenvalue weighted by molar-refractivity contribution is 7.11. The predicted octanol–water partition coefficient (Wildman–Crippen LogP) is 1.61. The first kappa shape index (κ1) is 12.1. The van der Waals surface area contributed by atoms with Crippen molar-refractivity contribution in [2.24, 2.45) is 0 Å². The molecule has 15 heavy (non-hydrogen) atoms. The molecule has 1 rings (SSSR count). The zero-order valence-corrected chi connectivity index (χ0v) is 10.0. The maximum atomic E-state index is 10.7. The second-order valence-electron chi connectivity index (χ2n) is 3.50. The van der Waals surface area contributed by atoms with Crippen LogP contribution < -0.4 is 0 Å². The van der Waals surface area contributed by atoms with E-state index in [1.54, 1.807) is 30.2 Å². The van der Waals surface area contributed by atoms with Gasteiger partial charge in [-0.15, -0.1) is 11.3 Å². The van der Waals surface area contributed by atoms with Crippen molar-refractivity contribution < 1.29 is 9.90 Å². The lowest BCUT2D eigenvalue weighted by atomic mass is 10.3. The summed E-state index contributed by atoms with van der Waals surface area (Å²) in [6.45, 7) is 4.36. The lowest BCUT2D eigenvalue weighted by Gasteiger charge is -2.19. The molecule has 0 aliphatic heterocycles. The van der Waals surface area contributed by atoms with Crippen molar-refractivity contribution in [1.82, 2.24) is 9.88 Å². The number of thiazole rings is 1. The van der Waals surface area contributed by atoms with Crippen LogP contribution in [0.25, 0.3) is 0 Å². The molecule has 0 radical (unpaired) electrons. The number of aliphatic carboxylic acids is 1. The second-order valence-corrected chi connectivity index (χ2v) is 4.70. The van der Waals surface area contributed by atoms with Crippen LogP contribution in [0.3, 0.4) is 0 Å². The highest BCUT2D eigenvalue weighted by Crippen LogP contribution is 2.15. The molecule has 1 unspecified atom stereocenters. The van der Waals surface area contributed by atoms with Gasteiger partial charge in [0.2, 0.25) is 0 Å². The van der Waals surface area contributed by atoms with Crippen LogP contribution in [0.2, 0.25) is 0 Å². The Labute approximate surface area is 93.6 Å². The summed E-state index contributed by atoms with van der Waals surface area (Å²) in [5.41, 5.74) is 0. The molecule has 0 aliphatic rings. The Bertz CT molecular complexity index is 338. The fourth-order valence-corrected chi connectivity index (χ4v) is 2.05. The summed E-state index contributed by atoms with van der Waals surface area (Å²) >= 11 is 1.64. The standard InChI is InChI=1S/C10H16N2O2S/c1-4-8-5-11-9(15-8)6-12(3)7(2)10(13)14/h5,7H,4,6H2,1-3H3,(H,13,14). The van der Waals surface area contributed by atoms with Crippen LogP contribution in [0.4, 0.5) is 0 Å². The molecule has 0 aromatic carbocycles. The minimum absolute atomic E-state index is 0.473. The van der Waals surface area contributed by atoms with Crippen molar-refractivity contribution in [2.75, 3.05) is 7.05 Å². The van der Waals surface area contributed by atoms with Gasteiger partial charge in [0.05, 0.1) is 6.54 Å². The van der Waals surface area contributed by atoms with Crippen molar-refractivity contribution in [1.29, 1.82) is 0 Å². The maximum absolute atomic E-state index is 10.7. The van der Waals surface area contributed by atoms with Crippen molar-refractivity contribution in [2.45, 2.75) is 32.9 Å². The average molecular weight is 228 g/mol. The van der Waals surface area contributed by atoms with Crippen LogP contribution in [0, 0.1) is 0 Å². The third kappa shape index (κ3) is 3.28. The minimum Gasteiger partial charge on any atom is -0.480 e. The molecule has 0 saturated carbocycles. The van der Waals surface area contributed by atoms with Gasteiger partial charge in [0, 0.05) is 11.1 Å². The van der Waals surface area contributed by atoms with Crippen LogP contribution in [-0.4, -0.2) is 34.0 Å². The van der Waals surface area contributed by atoms with E-state index in [1.807, 2.05) is 6.20 Å². The molecule has 0 amide bonds. The van der Waals surface area contributed by atoms with Crippen molar-refractivity contribution in [3.8, 4) is 0 Å². The van der Waals surface area contributed by atoms with Crippen LogP contribution in [-0.2, 0) is 17.8 Å². The summed E-state index contributed by atoms with van der Waals surface area (Å²) in [5, 5.41) is 9.80. The molecule has 0 aliphatic carbocycles. The number of rotatable bonds is 5. The smallest absolute Gasteiger partial charge is 0.320 e. The Morgan fingerprint density at radius 1 is 1.73 bits per heavy atom. The summed E-state index contributed by atoms with van der Waals surface area (Å²) in [6, 6.07) is -0.473. The molecule has 0 spiro atoms. The highest BCUT2D eigenvalue weighted by Gasteiger charge is 2.17. The molecule has 1 heterocycles. The molecule has 1 N–H and O–H groups in total. The van der Waals surface area contributed by atoms with Crippen molar-refractivity contribution in [3.63, 3.8) is 0 Å². The SMILES string of the molecule is CCc1cnc(CN(C)C(C)C(=O)O)s1. The van der Waals surface area contributed by atoms with Crippen LogP contribution >= 0.6 is 11.3 Å². The lowest BCUT2D eigenvalue weighted by Crippen LogP contribution is -2.35. The van der Waals surface area contributed by atoms with E-state index in [0.29, 0.717) is 6.54 Å². The number of hydrogen-bond acceptors (Lipinski definition) is 4. The third-order valence-corrected chi connectivity index (χ3v) is 3.48. The summed E-state index contributed by atoms with van der Waals surface area (Å²) in [7, 11) is 1.80. The van der Waals surface area contributed by atoms with Gasteiger partial charge in [0.1, 0.15) is 11.0 Å². The highest BCUT2D eigenvalue weighted by atomic mass is 32.1. The van der Waals surface area contributed by atoms with Crippen LogP contribution in [0.15, 0.2) is 6.20 Å². The molecule has 1 aromatic rings. The van der Waals surface area contributed by atoms with E-state index in [1.165, 1.54) is 4.88 Å². The van der Waals surface area contributed by atoms with Gasteiger partial charge in [0.15, 0.2) is 0 Å². The van der Waals surface area contributed by atoms with Gasteiger partial charge in [-0.2, -0.15) is 0 Å². The first-order chi connectivity index (χ1) is 7.04. The average Bonchev–Trinajstić information content (AvgIpc) is 2.64. The molecule has 4 nitrogen and oxygen atoms in total. The van der Waals surface area contributed by atoms with Gasteiger partial charge in [-0.1, -0.05) is 6.92 Å². The number of nitrogens with zero attached hydrogens (tertiary/aromatic N) is 2. The van der Waals surface area contributed by atoms with E-state index in [0.717, 1.165) is 11.4 Å². The van der Waals surface area contributed by atoms with E-state index in [9.17, 15) is 4.79 Å². The molecule has 5 heteroatoms. The summed E-state index contributed by atoms with van der Waals surface area (Å²) in [5.74, 6) is -0.801. The number of carbonyl (C=O) groups is 1. The Morgan fingerprint density at radius 2 is 2.40 bits per heavy atom. The van der Waals surface area contributed by atoms with Crippen LogP contribution in [0.1, 0.15) is 23.7 Å². The van der Waals surface area contributed by atoms with E-state index in [2.05, 4.69) is 11.9 Å². The molecule has 84 valence electrons. The molecule has 1 aromatic heterocycles. The molecule has 0 saturated heterocycles. The van der Waals surface area contributed by atoms with Gasteiger partial charge in [-0.3, -0.25) is 9.69 Å². The van der Waals surface area contributed by atoms with E-state index in [4.69, 9.17) is 5.11 Å². The number of carboxylic acid groups (broad SMARTS) is 1. The van der Waals surface area contributed by atoms with Crippen LogP contribution in [0.5, 0.6) is 0 Å². The minimum atomic E-state index is -0.801. The Kier molecular flexibility index (Phi) is 4.23. The Hall–Kier alpha value is -0.940. The van der Waals surface area contributed by atoms with Gasteiger partial charge >= 0.3 is 5.97 Å². The summed E-state index contributed by atoms with van der Waals surface area (Å²) in [6.07, 6.45) is 2.84. The first-order valence-corrected chi connectivity index (χ1v) is 5.72. The third-order valence-electron chi connectivity index (χ3n) is 2.35. The second kappa shape index (κ2) is 5.23. The van der Waals surface area contributed by atoms with Crippen molar-refractivity contribution >= 4 is 17.3 Å². The zero-order valence-electron chi connectivity index (χ0n) is 9.23. The quantitative estimate of drug-likeness (QED) is 0.832. The van der Waals surface area contributed by atoms with Gasteiger partial charge in [-0.25, -0.2) is 4.98 Å². The number of hydrogen-bond donors (Lipinski definition) is 1. The number of likely N-dealkylation sites (N-methyl/N-ethyl adjacent to an activating group) is 1. The van der Waals surface area contributed by atoms with Gasteiger partial charge < -0.3 is 5.11 Å². The van der Waals surface area contributed by atoms with Gasteiger partial charge in [-0.05, 0) is 20.4 Å². The maximum Gasteiger partial charge on any atom is 0.320 e.